The van der Waals surface area contributed by atoms with Crippen molar-refractivity contribution in [3.63, 3.8) is 0 Å². The van der Waals surface area contributed by atoms with Crippen molar-refractivity contribution in [2.75, 3.05) is 46.9 Å². The second kappa shape index (κ2) is 9.22. The van der Waals surface area contributed by atoms with Crippen LogP contribution >= 0.6 is 0 Å². The van der Waals surface area contributed by atoms with Crippen molar-refractivity contribution in [2.45, 2.75) is 6.54 Å². The summed E-state index contributed by atoms with van der Waals surface area (Å²) in [6.07, 6.45) is 5.59. The highest BCUT2D eigenvalue weighted by molar-refractivity contribution is 5.94. The Labute approximate surface area is 181 Å². The Bertz CT molecular complexity index is 1020. The zero-order valence-corrected chi connectivity index (χ0v) is 18.2. The van der Waals surface area contributed by atoms with Gasteiger partial charge >= 0.3 is 0 Å². The lowest BCUT2D eigenvalue weighted by Crippen LogP contribution is -2.49. The first-order valence-electron chi connectivity index (χ1n) is 10.3. The van der Waals surface area contributed by atoms with Crippen LogP contribution in [0.25, 0.3) is 11.3 Å². The molecule has 1 aliphatic heterocycles. The molecule has 0 saturated carbocycles. The van der Waals surface area contributed by atoms with E-state index in [-0.39, 0.29) is 5.91 Å². The Morgan fingerprint density at radius 2 is 1.87 bits per heavy atom. The minimum absolute atomic E-state index is 0.00243. The molecule has 0 bridgehead atoms. The van der Waals surface area contributed by atoms with Crippen LogP contribution < -0.4 is 9.47 Å². The Morgan fingerprint density at radius 3 is 2.55 bits per heavy atom. The molecule has 1 amide bonds. The van der Waals surface area contributed by atoms with Crippen molar-refractivity contribution in [3.05, 3.63) is 48.7 Å². The third kappa shape index (κ3) is 4.56. The third-order valence-corrected chi connectivity index (χ3v) is 5.67. The van der Waals surface area contributed by atoms with Crippen LogP contribution in [0.15, 0.2) is 43.0 Å². The number of benzene rings is 1. The van der Waals surface area contributed by atoms with Crippen LogP contribution in [0, 0.1) is 0 Å². The highest BCUT2D eigenvalue weighted by Gasteiger charge is 2.25. The number of carbonyl (C=O) groups excluding carboxylic acids is 1. The van der Waals surface area contributed by atoms with Gasteiger partial charge in [0.05, 0.1) is 26.2 Å². The number of ether oxygens (including phenoxy) is 2. The fourth-order valence-electron chi connectivity index (χ4n) is 3.83. The molecule has 0 radical (unpaired) electrons. The molecule has 0 spiro atoms. The second-order valence-electron chi connectivity index (χ2n) is 7.54. The zero-order valence-electron chi connectivity index (χ0n) is 18.2. The van der Waals surface area contributed by atoms with Crippen LogP contribution in [0.2, 0.25) is 0 Å². The number of rotatable bonds is 7. The summed E-state index contributed by atoms with van der Waals surface area (Å²) in [7, 11) is 5.03. The maximum absolute atomic E-state index is 13.2. The molecule has 1 aromatic carbocycles. The fourth-order valence-corrected chi connectivity index (χ4v) is 3.83. The van der Waals surface area contributed by atoms with E-state index in [0.717, 1.165) is 31.7 Å². The van der Waals surface area contributed by atoms with E-state index < -0.39 is 0 Å². The predicted molar refractivity (Wildman–Crippen MR) is 116 cm³/mol. The molecule has 9 heteroatoms. The molecule has 1 saturated heterocycles. The van der Waals surface area contributed by atoms with E-state index in [0.29, 0.717) is 36.0 Å². The standard InChI is InChI=1S/C22H28N6O3/c1-25-20(15-19(24-25)18-14-17(30-2)4-5-21(18)31-3)22(29)28-12-10-26(11-13-28)8-9-27-7-6-23-16-27/h4-7,14-16H,8-13H2,1-3H3. The normalized spacial score (nSPS) is 14.6. The first kappa shape index (κ1) is 20.9. The average Bonchev–Trinajstić information content (AvgIpc) is 3.46. The number of hydrogen-bond acceptors (Lipinski definition) is 6. The Balaban J connectivity index is 1.43. The molecule has 1 aliphatic rings. The van der Waals surface area contributed by atoms with E-state index in [4.69, 9.17) is 9.47 Å². The molecule has 2 aromatic heterocycles. The van der Waals surface area contributed by atoms with Crippen LogP contribution in [-0.4, -0.2) is 82.0 Å². The number of hydrogen-bond donors (Lipinski definition) is 0. The molecule has 1 fully saturated rings. The van der Waals surface area contributed by atoms with Gasteiger partial charge in [0.15, 0.2) is 0 Å². The monoisotopic (exact) mass is 424 g/mol. The molecule has 9 nitrogen and oxygen atoms in total. The third-order valence-electron chi connectivity index (χ3n) is 5.67. The van der Waals surface area contributed by atoms with E-state index in [1.165, 1.54) is 0 Å². The maximum atomic E-state index is 13.2. The van der Waals surface area contributed by atoms with Gasteiger partial charge in [-0.1, -0.05) is 0 Å². The molecular formula is C22H28N6O3. The van der Waals surface area contributed by atoms with Gasteiger partial charge in [0.1, 0.15) is 17.2 Å². The van der Waals surface area contributed by atoms with Gasteiger partial charge in [-0.05, 0) is 24.3 Å². The highest BCUT2D eigenvalue weighted by Crippen LogP contribution is 2.33. The maximum Gasteiger partial charge on any atom is 0.272 e. The average molecular weight is 425 g/mol. The lowest BCUT2D eigenvalue weighted by atomic mass is 10.1. The first-order valence-corrected chi connectivity index (χ1v) is 10.3. The van der Waals surface area contributed by atoms with E-state index >= 15 is 0 Å². The highest BCUT2D eigenvalue weighted by atomic mass is 16.5. The smallest absolute Gasteiger partial charge is 0.272 e. The summed E-state index contributed by atoms with van der Waals surface area (Å²) in [6.45, 7) is 4.96. The predicted octanol–water partition coefficient (Wildman–Crippen LogP) is 1.76. The van der Waals surface area contributed by atoms with Crippen molar-refractivity contribution >= 4 is 5.91 Å². The van der Waals surface area contributed by atoms with Gasteiger partial charge < -0.3 is 18.9 Å². The number of carbonyl (C=O) groups is 1. The van der Waals surface area contributed by atoms with Gasteiger partial charge in [0.25, 0.3) is 5.91 Å². The zero-order chi connectivity index (χ0) is 21.8. The molecule has 0 atom stereocenters. The van der Waals surface area contributed by atoms with Crippen LogP contribution in [0.5, 0.6) is 11.5 Å². The summed E-state index contributed by atoms with van der Waals surface area (Å²) in [4.78, 5) is 21.5. The topological polar surface area (TPSA) is 77.7 Å². The first-order chi connectivity index (χ1) is 15.1. The lowest BCUT2D eigenvalue weighted by Gasteiger charge is -2.34. The summed E-state index contributed by atoms with van der Waals surface area (Å²) in [5.41, 5.74) is 2.04. The molecule has 4 rings (SSSR count). The minimum atomic E-state index is -0.00243. The summed E-state index contributed by atoms with van der Waals surface area (Å²) < 4.78 is 14.5. The largest absolute Gasteiger partial charge is 0.497 e. The summed E-state index contributed by atoms with van der Waals surface area (Å²) >= 11 is 0. The molecule has 31 heavy (non-hydrogen) atoms. The van der Waals surface area contributed by atoms with Gasteiger partial charge in [0, 0.05) is 64.3 Å². The van der Waals surface area contributed by atoms with Gasteiger partial charge in [-0.15, -0.1) is 0 Å². The van der Waals surface area contributed by atoms with Crippen LogP contribution in [-0.2, 0) is 13.6 Å². The number of aromatic nitrogens is 4. The van der Waals surface area contributed by atoms with Crippen LogP contribution in [0.4, 0.5) is 0 Å². The molecule has 0 aliphatic carbocycles. The quantitative estimate of drug-likeness (QED) is 0.575. The van der Waals surface area contributed by atoms with Crippen LogP contribution in [0.3, 0.4) is 0 Å². The number of methoxy groups -OCH3 is 2. The van der Waals surface area contributed by atoms with Gasteiger partial charge in [-0.3, -0.25) is 14.4 Å². The van der Waals surface area contributed by atoms with Crippen molar-refractivity contribution < 1.29 is 14.3 Å². The number of imidazole rings is 1. The van der Waals surface area contributed by atoms with Crippen LogP contribution in [0.1, 0.15) is 10.5 Å². The Morgan fingerprint density at radius 1 is 1.06 bits per heavy atom. The summed E-state index contributed by atoms with van der Waals surface area (Å²) in [6, 6.07) is 7.37. The Hall–Kier alpha value is -3.33. The molecule has 0 unspecified atom stereocenters. The van der Waals surface area contributed by atoms with Crippen molar-refractivity contribution in [2.24, 2.45) is 7.05 Å². The SMILES string of the molecule is COc1ccc(OC)c(-c2cc(C(=O)N3CCN(CCn4ccnc4)CC3)n(C)n2)c1. The van der Waals surface area contributed by atoms with E-state index in [2.05, 4.69) is 19.5 Å². The summed E-state index contributed by atoms with van der Waals surface area (Å²) in [5, 5.41) is 4.57. The van der Waals surface area contributed by atoms with E-state index in [1.807, 2.05) is 41.7 Å². The van der Waals surface area contributed by atoms with Crippen molar-refractivity contribution in [1.82, 2.24) is 29.1 Å². The molecule has 3 heterocycles. The number of nitrogens with zero attached hydrogens (tertiary/aromatic N) is 6. The van der Waals surface area contributed by atoms with E-state index in [1.54, 1.807) is 32.1 Å². The number of amides is 1. The minimum Gasteiger partial charge on any atom is -0.497 e. The Kier molecular flexibility index (Phi) is 6.22. The van der Waals surface area contributed by atoms with E-state index in [9.17, 15) is 4.79 Å². The van der Waals surface area contributed by atoms with Crippen molar-refractivity contribution in [1.29, 1.82) is 0 Å². The molecule has 3 aromatic rings. The number of aryl methyl sites for hydroxylation is 1. The van der Waals surface area contributed by atoms with Crippen molar-refractivity contribution in [3.8, 4) is 22.8 Å². The fraction of sp³-hybridized carbons (Fsp3) is 0.409. The molecule has 164 valence electrons. The molecule has 0 N–H and O–H groups in total. The number of piperazine rings is 1. The van der Waals surface area contributed by atoms with Gasteiger partial charge in [-0.25, -0.2) is 4.98 Å². The molecular weight excluding hydrogens is 396 g/mol. The summed E-state index contributed by atoms with van der Waals surface area (Å²) in [5.74, 6) is 1.39. The lowest BCUT2D eigenvalue weighted by molar-refractivity contribution is 0.0622. The van der Waals surface area contributed by atoms with Gasteiger partial charge in [0.2, 0.25) is 0 Å². The second-order valence-corrected chi connectivity index (χ2v) is 7.54. The van der Waals surface area contributed by atoms with Gasteiger partial charge in [-0.2, -0.15) is 5.10 Å².